The first-order valence-corrected chi connectivity index (χ1v) is 10.3. The standard InChI is InChI=1S/C20H24ClNO3S/c1-24-17-4-2-3-5-18(17)25-19-9-14-11-22(10-13(14)8-16(19)23)12-20-15(21)6-7-26-20/h2-7,13-14,16,19,23H,8-12H2,1H3/t13-,14+,16+,19+/m0/s1. The molecule has 0 radical (unpaired) electrons. The van der Waals surface area contributed by atoms with Crippen molar-refractivity contribution in [1.82, 2.24) is 4.90 Å². The SMILES string of the molecule is COc1ccccc1O[C@@H]1C[C@@H]2CN(Cc3sccc3Cl)C[C@@H]2C[C@H]1O. The monoisotopic (exact) mass is 393 g/mol. The zero-order valence-corrected chi connectivity index (χ0v) is 16.4. The van der Waals surface area contributed by atoms with Crippen LogP contribution in [0.3, 0.4) is 0 Å². The number of aliphatic hydroxyl groups excluding tert-OH is 1. The van der Waals surface area contributed by atoms with Crippen LogP contribution in [0.5, 0.6) is 11.5 Å². The first-order valence-electron chi connectivity index (χ1n) is 9.06. The van der Waals surface area contributed by atoms with Crippen molar-refractivity contribution in [1.29, 1.82) is 0 Å². The molecule has 1 saturated heterocycles. The van der Waals surface area contributed by atoms with Crippen LogP contribution in [0.4, 0.5) is 0 Å². The van der Waals surface area contributed by atoms with Crippen molar-refractivity contribution < 1.29 is 14.6 Å². The number of halogens is 1. The summed E-state index contributed by atoms with van der Waals surface area (Å²) in [4.78, 5) is 3.69. The number of rotatable bonds is 5. The topological polar surface area (TPSA) is 41.9 Å². The summed E-state index contributed by atoms with van der Waals surface area (Å²) in [6, 6.07) is 9.60. The number of nitrogens with zero attached hydrogens (tertiary/aromatic N) is 1. The van der Waals surface area contributed by atoms with Crippen LogP contribution >= 0.6 is 22.9 Å². The molecule has 2 heterocycles. The Hall–Kier alpha value is -1.27. The van der Waals surface area contributed by atoms with E-state index in [1.807, 2.05) is 35.7 Å². The van der Waals surface area contributed by atoms with E-state index in [4.69, 9.17) is 21.1 Å². The second-order valence-electron chi connectivity index (χ2n) is 7.25. The lowest BCUT2D eigenvalue weighted by Gasteiger charge is -2.35. The molecule has 0 unspecified atom stereocenters. The number of hydrogen-bond acceptors (Lipinski definition) is 5. The highest BCUT2D eigenvalue weighted by Gasteiger charge is 2.42. The van der Waals surface area contributed by atoms with Crippen LogP contribution in [0.2, 0.25) is 5.02 Å². The van der Waals surface area contributed by atoms with E-state index in [1.165, 1.54) is 4.88 Å². The van der Waals surface area contributed by atoms with E-state index in [2.05, 4.69) is 4.90 Å². The minimum atomic E-state index is -0.438. The number of benzene rings is 1. The summed E-state index contributed by atoms with van der Waals surface area (Å²) < 4.78 is 11.5. The Morgan fingerprint density at radius 1 is 1.15 bits per heavy atom. The van der Waals surface area contributed by atoms with Gasteiger partial charge in [0, 0.05) is 24.5 Å². The molecule has 140 valence electrons. The second kappa shape index (κ2) is 7.77. The summed E-state index contributed by atoms with van der Waals surface area (Å²) in [5, 5.41) is 13.5. The van der Waals surface area contributed by atoms with Gasteiger partial charge in [-0.05, 0) is 48.3 Å². The largest absolute Gasteiger partial charge is 0.493 e. The maximum Gasteiger partial charge on any atom is 0.161 e. The van der Waals surface area contributed by atoms with Crippen LogP contribution in [0.15, 0.2) is 35.7 Å². The van der Waals surface area contributed by atoms with Crippen LogP contribution < -0.4 is 9.47 Å². The number of ether oxygens (including phenoxy) is 2. The summed E-state index contributed by atoms with van der Waals surface area (Å²) in [6.07, 6.45) is 1.04. The number of aliphatic hydroxyl groups is 1. The predicted octanol–water partition coefficient (Wildman–Crippen LogP) is 4.06. The van der Waals surface area contributed by atoms with Crippen LogP contribution in [0.1, 0.15) is 17.7 Å². The lowest BCUT2D eigenvalue weighted by molar-refractivity contribution is -0.0240. The number of hydrogen-bond donors (Lipinski definition) is 1. The van der Waals surface area contributed by atoms with E-state index in [1.54, 1.807) is 18.4 Å². The molecule has 6 heteroatoms. The van der Waals surface area contributed by atoms with E-state index < -0.39 is 6.10 Å². The summed E-state index contributed by atoms with van der Waals surface area (Å²) in [6.45, 7) is 2.96. The van der Waals surface area contributed by atoms with E-state index in [9.17, 15) is 5.11 Å². The van der Waals surface area contributed by atoms with E-state index in [-0.39, 0.29) is 6.10 Å². The summed E-state index contributed by atoms with van der Waals surface area (Å²) in [5.74, 6) is 2.50. The lowest BCUT2D eigenvalue weighted by Crippen LogP contribution is -2.42. The molecule has 1 aliphatic heterocycles. The smallest absolute Gasteiger partial charge is 0.161 e. The minimum absolute atomic E-state index is 0.183. The Morgan fingerprint density at radius 3 is 2.58 bits per heavy atom. The van der Waals surface area contributed by atoms with E-state index >= 15 is 0 Å². The van der Waals surface area contributed by atoms with Crippen molar-refractivity contribution in [2.75, 3.05) is 20.2 Å². The maximum atomic E-state index is 10.6. The van der Waals surface area contributed by atoms with Gasteiger partial charge in [0.2, 0.25) is 0 Å². The zero-order valence-electron chi connectivity index (χ0n) is 14.8. The van der Waals surface area contributed by atoms with Crippen molar-refractivity contribution in [3.8, 4) is 11.5 Å². The van der Waals surface area contributed by atoms with Crippen molar-refractivity contribution >= 4 is 22.9 Å². The molecule has 2 fully saturated rings. The molecule has 4 nitrogen and oxygen atoms in total. The van der Waals surface area contributed by atoms with Crippen LogP contribution in [-0.2, 0) is 6.54 Å². The van der Waals surface area contributed by atoms with E-state index in [0.717, 1.165) is 37.5 Å². The van der Waals surface area contributed by atoms with Crippen LogP contribution in [0, 0.1) is 11.8 Å². The Labute approximate surface area is 163 Å². The third-order valence-corrected chi connectivity index (χ3v) is 6.94. The third kappa shape index (κ3) is 3.72. The predicted molar refractivity (Wildman–Crippen MR) is 104 cm³/mol. The van der Waals surface area contributed by atoms with Gasteiger partial charge in [0.05, 0.1) is 18.2 Å². The normalized spacial score (nSPS) is 28.7. The van der Waals surface area contributed by atoms with Gasteiger partial charge in [-0.15, -0.1) is 11.3 Å². The van der Waals surface area contributed by atoms with Crippen molar-refractivity contribution in [2.24, 2.45) is 11.8 Å². The fourth-order valence-electron chi connectivity index (χ4n) is 4.26. The summed E-state index contributed by atoms with van der Waals surface area (Å²) in [7, 11) is 1.64. The average Bonchev–Trinajstić information content (AvgIpc) is 3.21. The number of fused-ring (bicyclic) bond motifs is 1. The van der Waals surface area contributed by atoms with Gasteiger partial charge in [-0.25, -0.2) is 0 Å². The molecule has 0 spiro atoms. The molecule has 4 atom stereocenters. The van der Waals surface area contributed by atoms with Gasteiger partial charge in [0.15, 0.2) is 11.5 Å². The molecule has 0 amide bonds. The van der Waals surface area contributed by atoms with Gasteiger partial charge in [-0.2, -0.15) is 0 Å². The van der Waals surface area contributed by atoms with Crippen molar-refractivity contribution in [2.45, 2.75) is 31.6 Å². The fraction of sp³-hybridized carbons (Fsp3) is 0.500. The molecule has 1 aliphatic carbocycles. The average molecular weight is 394 g/mol. The number of methoxy groups -OCH3 is 1. The van der Waals surface area contributed by atoms with Gasteiger partial charge in [0.1, 0.15) is 6.10 Å². The quantitative estimate of drug-likeness (QED) is 0.831. The van der Waals surface area contributed by atoms with Gasteiger partial charge in [0.25, 0.3) is 0 Å². The summed E-state index contributed by atoms with van der Waals surface area (Å²) in [5.41, 5.74) is 0. The number of likely N-dealkylation sites (tertiary alicyclic amines) is 1. The van der Waals surface area contributed by atoms with Crippen LogP contribution in [-0.4, -0.2) is 42.4 Å². The van der Waals surface area contributed by atoms with Gasteiger partial charge in [-0.3, -0.25) is 4.90 Å². The van der Waals surface area contributed by atoms with Crippen LogP contribution in [0.25, 0.3) is 0 Å². The first kappa shape index (κ1) is 18.1. The molecular formula is C20H24ClNO3S. The van der Waals surface area contributed by atoms with Crippen molar-refractivity contribution in [3.63, 3.8) is 0 Å². The Balaban J connectivity index is 1.40. The highest BCUT2D eigenvalue weighted by atomic mass is 35.5. The molecule has 2 aromatic rings. The summed E-state index contributed by atoms with van der Waals surface area (Å²) >= 11 is 7.96. The third-order valence-electron chi connectivity index (χ3n) is 5.57. The minimum Gasteiger partial charge on any atom is -0.493 e. The molecule has 2 aliphatic rings. The Morgan fingerprint density at radius 2 is 1.88 bits per heavy atom. The fourth-order valence-corrected chi connectivity index (χ4v) is 5.40. The van der Waals surface area contributed by atoms with Gasteiger partial charge >= 0.3 is 0 Å². The molecule has 1 saturated carbocycles. The molecular weight excluding hydrogens is 370 g/mol. The second-order valence-corrected chi connectivity index (χ2v) is 8.66. The maximum absolute atomic E-state index is 10.6. The van der Waals surface area contributed by atoms with Gasteiger partial charge < -0.3 is 14.6 Å². The molecule has 4 rings (SSSR count). The first-order chi connectivity index (χ1) is 12.6. The van der Waals surface area contributed by atoms with Crippen molar-refractivity contribution in [3.05, 3.63) is 45.6 Å². The Bertz CT molecular complexity index is 752. The van der Waals surface area contributed by atoms with E-state index in [0.29, 0.717) is 23.3 Å². The Kier molecular flexibility index (Phi) is 5.41. The number of para-hydroxylation sites is 2. The molecule has 1 aromatic carbocycles. The highest BCUT2D eigenvalue weighted by Crippen LogP contribution is 2.40. The highest BCUT2D eigenvalue weighted by molar-refractivity contribution is 7.10. The molecule has 0 bridgehead atoms. The van der Waals surface area contributed by atoms with Gasteiger partial charge in [-0.1, -0.05) is 23.7 Å². The zero-order chi connectivity index (χ0) is 18.1. The molecule has 26 heavy (non-hydrogen) atoms. The number of thiophene rings is 1. The molecule has 1 N–H and O–H groups in total. The molecule has 1 aromatic heterocycles. The lowest BCUT2D eigenvalue weighted by atomic mass is 9.78.